The number of halogens is 1. The molecule has 0 aliphatic rings. The quantitative estimate of drug-likeness (QED) is 0.314. The number of sulfonamides is 1. The third-order valence-corrected chi connectivity index (χ3v) is 8.12. The number of carbonyl (C=O) groups is 2. The van der Waals surface area contributed by atoms with Crippen molar-refractivity contribution < 1.29 is 22.7 Å². The Morgan fingerprint density at radius 2 is 1.60 bits per heavy atom. The summed E-state index contributed by atoms with van der Waals surface area (Å²) in [5, 5.41) is 3.44. The second-order valence-electron chi connectivity index (χ2n) is 9.60. The fraction of sp³-hybridized carbons (Fsp3) is 0.333. The van der Waals surface area contributed by atoms with Gasteiger partial charge in [0.25, 0.3) is 0 Å². The van der Waals surface area contributed by atoms with Crippen LogP contribution in [0, 0.1) is 0 Å². The molecule has 0 aliphatic carbocycles. The van der Waals surface area contributed by atoms with E-state index in [2.05, 4.69) is 5.32 Å². The van der Waals surface area contributed by atoms with Gasteiger partial charge in [0.15, 0.2) is 0 Å². The maximum Gasteiger partial charge on any atom is 0.244 e. The average molecular weight is 586 g/mol. The van der Waals surface area contributed by atoms with E-state index in [1.807, 2.05) is 44.2 Å². The first-order chi connectivity index (χ1) is 19.0. The molecule has 1 N–H and O–H groups in total. The van der Waals surface area contributed by atoms with Crippen molar-refractivity contribution in [2.24, 2.45) is 0 Å². The van der Waals surface area contributed by atoms with E-state index in [-0.39, 0.29) is 24.9 Å². The Bertz CT molecular complexity index is 1380. The molecule has 10 heteroatoms. The normalized spacial score (nSPS) is 12.7. The molecule has 0 aliphatic heterocycles. The van der Waals surface area contributed by atoms with Gasteiger partial charge >= 0.3 is 0 Å². The van der Waals surface area contributed by atoms with Crippen molar-refractivity contribution in [2.75, 3.05) is 24.2 Å². The summed E-state index contributed by atoms with van der Waals surface area (Å²) >= 11 is 6.47. The van der Waals surface area contributed by atoms with E-state index in [0.717, 1.165) is 16.1 Å². The number of amides is 2. The van der Waals surface area contributed by atoms with Gasteiger partial charge < -0.3 is 15.0 Å². The molecule has 8 nitrogen and oxygen atoms in total. The highest BCUT2D eigenvalue weighted by Gasteiger charge is 2.33. The lowest BCUT2D eigenvalue weighted by Crippen LogP contribution is -2.54. The van der Waals surface area contributed by atoms with Crippen LogP contribution in [-0.4, -0.2) is 57.1 Å². The number of rotatable bonds is 13. The molecule has 2 atom stereocenters. The van der Waals surface area contributed by atoms with E-state index < -0.39 is 28.5 Å². The highest BCUT2D eigenvalue weighted by atomic mass is 35.5. The number of benzene rings is 3. The second-order valence-corrected chi connectivity index (χ2v) is 11.9. The van der Waals surface area contributed by atoms with Gasteiger partial charge in [0, 0.05) is 24.0 Å². The number of nitrogens with zero attached hydrogens (tertiary/aromatic N) is 2. The molecule has 0 spiro atoms. The minimum atomic E-state index is -3.86. The highest BCUT2D eigenvalue weighted by Crippen LogP contribution is 2.24. The Morgan fingerprint density at radius 3 is 2.17 bits per heavy atom. The van der Waals surface area contributed by atoms with Crippen LogP contribution in [0.2, 0.25) is 5.02 Å². The van der Waals surface area contributed by atoms with E-state index >= 15 is 0 Å². The molecule has 0 fully saturated rings. The van der Waals surface area contributed by atoms with Crippen molar-refractivity contribution in [1.82, 2.24) is 10.2 Å². The van der Waals surface area contributed by atoms with Gasteiger partial charge in [-0.3, -0.25) is 13.9 Å². The van der Waals surface area contributed by atoms with Crippen LogP contribution in [0.15, 0.2) is 78.9 Å². The Kier molecular flexibility index (Phi) is 11.0. The maximum atomic E-state index is 14.1. The summed E-state index contributed by atoms with van der Waals surface area (Å²) in [6.45, 7) is 3.37. The molecule has 0 radical (unpaired) electrons. The molecule has 0 bridgehead atoms. The van der Waals surface area contributed by atoms with Crippen LogP contribution in [-0.2, 0) is 32.6 Å². The first-order valence-electron chi connectivity index (χ1n) is 13.0. The summed E-state index contributed by atoms with van der Waals surface area (Å²) in [6.07, 6.45) is 1.99. The topological polar surface area (TPSA) is 96.0 Å². The highest BCUT2D eigenvalue weighted by molar-refractivity contribution is 7.92. The third-order valence-electron chi connectivity index (χ3n) is 6.61. The van der Waals surface area contributed by atoms with Crippen LogP contribution < -0.4 is 14.4 Å². The van der Waals surface area contributed by atoms with E-state index in [4.69, 9.17) is 16.3 Å². The average Bonchev–Trinajstić information content (AvgIpc) is 2.94. The van der Waals surface area contributed by atoms with Gasteiger partial charge in [0.2, 0.25) is 21.8 Å². The molecule has 2 amide bonds. The fourth-order valence-corrected chi connectivity index (χ4v) is 5.21. The number of carbonyl (C=O) groups excluding carboxylic acids is 2. The summed E-state index contributed by atoms with van der Waals surface area (Å²) in [6, 6.07) is 21.8. The van der Waals surface area contributed by atoms with Gasteiger partial charge in [-0.25, -0.2) is 8.42 Å². The number of hydrogen-bond acceptors (Lipinski definition) is 5. The maximum absolute atomic E-state index is 14.1. The van der Waals surface area contributed by atoms with Crippen molar-refractivity contribution in [2.45, 2.75) is 45.3 Å². The third kappa shape index (κ3) is 8.47. The lowest BCUT2D eigenvalue weighted by molar-refractivity contribution is -0.140. The summed E-state index contributed by atoms with van der Waals surface area (Å²) in [7, 11) is -2.35. The molecule has 0 unspecified atom stereocenters. The largest absolute Gasteiger partial charge is 0.497 e. The van der Waals surface area contributed by atoms with Gasteiger partial charge in [-0.1, -0.05) is 67.1 Å². The van der Waals surface area contributed by atoms with E-state index in [0.29, 0.717) is 28.4 Å². The van der Waals surface area contributed by atoms with Gasteiger partial charge in [0.05, 0.1) is 19.1 Å². The zero-order valence-electron chi connectivity index (χ0n) is 23.2. The van der Waals surface area contributed by atoms with Gasteiger partial charge in [0.1, 0.15) is 18.3 Å². The molecule has 214 valence electrons. The lowest BCUT2D eigenvalue weighted by Gasteiger charge is -2.34. The Balaban J connectivity index is 2.06. The summed E-state index contributed by atoms with van der Waals surface area (Å²) in [5.41, 5.74) is 1.80. The molecule has 40 heavy (non-hydrogen) atoms. The molecule has 3 rings (SSSR count). The zero-order chi connectivity index (χ0) is 29.3. The molecule has 0 saturated heterocycles. The van der Waals surface area contributed by atoms with Crippen molar-refractivity contribution in [3.05, 3.63) is 95.0 Å². The number of methoxy groups -OCH3 is 1. The van der Waals surface area contributed by atoms with Crippen LogP contribution in [0.4, 0.5) is 5.69 Å². The van der Waals surface area contributed by atoms with Crippen LogP contribution in [0.1, 0.15) is 31.4 Å². The molecular formula is C30H36ClN3O5S. The van der Waals surface area contributed by atoms with Crippen molar-refractivity contribution in [1.29, 1.82) is 0 Å². The monoisotopic (exact) mass is 585 g/mol. The van der Waals surface area contributed by atoms with E-state index in [1.54, 1.807) is 48.5 Å². The predicted octanol–water partition coefficient (Wildman–Crippen LogP) is 4.67. The first-order valence-corrected chi connectivity index (χ1v) is 15.2. The number of anilines is 1. The predicted molar refractivity (Wildman–Crippen MR) is 159 cm³/mol. The molecular weight excluding hydrogens is 550 g/mol. The van der Waals surface area contributed by atoms with Crippen molar-refractivity contribution in [3.63, 3.8) is 0 Å². The van der Waals surface area contributed by atoms with Gasteiger partial charge in [-0.05, 0) is 54.8 Å². The van der Waals surface area contributed by atoms with Gasteiger partial charge in [-0.2, -0.15) is 0 Å². The summed E-state index contributed by atoms with van der Waals surface area (Å²) in [5.74, 6) is -0.316. The summed E-state index contributed by atoms with van der Waals surface area (Å²) < 4.78 is 31.9. The fourth-order valence-electron chi connectivity index (χ4n) is 4.17. The number of nitrogens with one attached hydrogen (secondary N) is 1. The van der Waals surface area contributed by atoms with E-state index in [9.17, 15) is 18.0 Å². The second kappa shape index (κ2) is 14.2. The Morgan fingerprint density at radius 1 is 0.975 bits per heavy atom. The Hall–Kier alpha value is -3.56. The number of hydrogen-bond donors (Lipinski definition) is 1. The van der Waals surface area contributed by atoms with Crippen LogP contribution in [0.5, 0.6) is 5.75 Å². The standard InChI is InChI=1S/C30H36ClN3O5S/c1-5-22(2)32-30(36)28(19-23-11-7-6-8-12-23)33(20-24-13-9-10-14-27(24)31)29(35)21-34(40(4,37)38)25-15-17-26(39-3)18-16-25/h6-18,22,28H,5,19-21H2,1-4H3,(H,32,36)/t22-,28-/m1/s1. The number of ether oxygens (including phenoxy) is 1. The molecule has 0 aromatic heterocycles. The molecule has 3 aromatic carbocycles. The first kappa shape index (κ1) is 31.0. The van der Waals surface area contributed by atoms with Crippen molar-refractivity contribution >= 4 is 39.1 Å². The van der Waals surface area contributed by atoms with E-state index in [1.165, 1.54) is 12.0 Å². The molecule has 0 saturated carbocycles. The summed E-state index contributed by atoms with van der Waals surface area (Å²) in [4.78, 5) is 29.2. The minimum Gasteiger partial charge on any atom is -0.497 e. The Labute approximate surface area is 241 Å². The smallest absolute Gasteiger partial charge is 0.244 e. The zero-order valence-corrected chi connectivity index (χ0v) is 24.8. The van der Waals surface area contributed by atoms with Gasteiger partial charge in [-0.15, -0.1) is 0 Å². The van der Waals surface area contributed by atoms with Crippen molar-refractivity contribution in [3.8, 4) is 5.75 Å². The van der Waals surface area contributed by atoms with Crippen LogP contribution >= 0.6 is 11.6 Å². The molecule has 0 heterocycles. The van der Waals surface area contributed by atoms with Crippen LogP contribution in [0.3, 0.4) is 0 Å². The van der Waals surface area contributed by atoms with Crippen LogP contribution in [0.25, 0.3) is 0 Å². The minimum absolute atomic E-state index is 0.0180. The lowest BCUT2D eigenvalue weighted by atomic mass is 10.0. The molecule has 3 aromatic rings. The SMILES string of the molecule is CC[C@@H](C)NC(=O)[C@@H](Cc1ccccc1)N(Cc1ccccc1Cl)C(=O)CN(c1ccc(OC)cc1)S(C)(=O)=O.